The van der Waals surface area contributed by atoms with Crippen molar-refractivity contribution in [3.63, 3.8) is 0 Å². The van der Waals surface area contributed by atoms with E-state index in [1.54, 1.807) is 4.57 Å². The maximum Gasteiger partial charge on any atom is 0.361 e. The van der Waals surface area contributed by atoms with Gasteiger partial charge >= 0.3 is 11.1 Å². The number of fused-ring (bicyclic) bond motifs is 1. The summed E-state index contributed by atoms with van der Waals surface area (Å²) in [5.74, 6) is -0.504. The van der Waals surface area contributed by atoms with Gasteiger partial charge in [-0.15, -0.1) is 0 Å². The van der Waals surface area contributed by atoms with Gasteiger partial charge < -0.3 is 4.74 Å². The van der Waals surface area contributed by atoms with Gasteiger partial charge in [-0.25, -0.2) is 4.79 Å². The molecule has 6 heteroatoms. The Morgan fingerprint density at radius 3 is 2.88 bits per heavy atom. The van der Waals surface area contributed by atoms with Gasteiger partial charge in [0.2, 0.25) is 16.9 Å². The first-order chi connectivity index (χ1) is 8.13. The topological polar surface area (TPSA) is 64.3 Å². The number of carbonyl (C=O) groups excluding carboxylic acids is 1. The standard InChI is InChI=1S/C11H13N2O3S/c1-13-9-6-4-3-5-8(9)12-11(13)17(15)7-10(14)16-2/h3-6,15H,7H2,1-2H3/q+1. The van der Waals surface area contributed by atoms with Crippen molar-refractivity contribution >= 4 is 28.2 Å². The normalized spacial score (nSPS) is 12.6. The first kappa shape index (κ1) is 11.9. The van der Waals surface area contributed by atoms with Crippen LogP contribution in [0.2, 0.25) is 0 Å². The molecule has 0 aliphatic heterocycles. The van der Waals surface area contributed by atoms with Crippen molar-refractivity contribution in [1.29, 1.82) is 0 Å². The van der Waals surface area contributed by atoms with Crippen LogP contribution >= 0.6 is 0 Å². The number of benzene rings is 1. The zero-order valence-corrected chi connectivity index (χ0v) is 10.4. The summed E-state index contributed by atoms with van der Waals surface area (Å²) in [6.07, 6.45) is 0. The molecule has 0 amide bonds. The van der Waals surface area contributed by atoms with E-state index >= 15 is 0 Å². The Balaban J connectivity index is 2.35. The van der Waals surface area contributed by atoms with Crippen molar-refractivity contribution in [3.05, 3.63) is 24.3 Å². The number of esters is 1. The smallest absolute Gasteiger partial charge is 0.361 e. The number of rotatable bonds is 3. The lowest BCUT2D eigenvalue weighted by molar-refractivity contribution is -0.137. The van der Waals surface area contributed by atoms with Crippen LogP contribution in [0.5, 0.6) is 0 Å². The highest BCUT2D eigenvalue weighted by atomic mass is 32.2. The second-order valence-electron chi connectivity index (χ2n) is 3.53. The van der Waals surface area contributed by atoms with Crippen LogP contribution in [0.25, 0.3) is 11.0 Å². The maximum atomic E-state index is 11.1. The Hall–Kier alpha value is -1.53. The van der Waals surface area contributed by atoms with E-state index in [0.29, 0.717) is 5.16 Å². The van der Waals surface area contributed by atoms with Crippen LogP contribution in [-0.4, -0.2) is 32.9 Å². The van der Waals surface area contributed by atoms with E-state index in [0.717, 1.165) is 11.0 Å². The van der Waals surface area contributed by atoms with E-state index in [1.807, 2.05) is 31.3 Å². The molecule has 0 aliphatic carbocycles. The summed E-state index contributed by atoms with van der Waals surface area (Å²) in [5, 5.41) is 0.497. The Kier molecular flexibility index (Phi) is 3.35. The number of ether oxygens (including phenoxy) is 1. The zero-order chi connectivity index (χ0) is 12.4. The molecule has 0 spiro atoms. The molecule has 0 fully saturated rings. The van der Waals surface area contributed by atoms with Gasteiger partial charge in [0.15, 0.2) is 0 Å². The van der Waals surface area contributed by atoms with Gasteiger partial charge in [0.1, 0.15) is 0 Å². The molecule has 0 radical (unpaired) electrons. The minimum Gasteiger partial charge on any atom is -0.465 e. The largest absolute Gasteiger partial charge is 0.465 e. The predicted octanol–water partition coefficient (Wildman–Crippen LogP) is 1.20. The molecule has 0 bridgehead atoms. The molecule has 1 N–H and O–H groups in total. The second kappa shape index (κ2) is 4.77. The number of hydrogen-bond donors (Lipinski definition) is 1. The van der Waals surface area contributed by atoms with E-state index < -0.39 is 17.1 Å². The SMILES string of the molecule is COC(=O)C[S+](O)c1nc2ccccc2n1C. The van der Waals surface area contributed by atoms with Crippen LogP contribution in [0.4, 0.5) is 0 Å². The minimum atomic E-state index is -1.23. The van der Waals surface area contributed by atoms with Gasteiger partial charge in [0.05, 0.1) is 18.1 Å². The molecule has 0 saturated carbocycles. The summed E-state index contributed by atoms with van der Waals surface area (Å²) in [6.45, 7) is 0. The third-order valence-electron chi connectivity index (χ3n) is 2.44. The Morgan fingerprint density at radius 1 is 1.53 bits per heavy atom. The lowest BCUT2D eigenvalue weighted by Gasteiger charge is -1.98. The summed E-state index contributed by atoms with van der Waals surface area (Å²) >= 11 is -1.23. The molecule has 90 valence electrons. The molecule has 1 aromatic heterocycles. The fourth-order valence-electron chi connectivity index (χ4n) is 1.57. The van der Waals surface area contributed by atoms with Gasteiger partial charge in [-0.2, -0.15) is 9.54 Å². The van der Waals surface area contributed by atoms with E-state index in [4.69, 9.17) is 0 Å². The van der Waals surface area contributed by atoms with Crippen molar-refractivity contribution in [2.75, 3.05) is 12.9 Å². The van der Waals surface area contributed by atoms with Crippen LogP contribution < -0.4 is 0 Å². The van der Waals surface area contributed by atoms with Crippen molar-refractivity contribution < 1.29 is 14.1 Å². The van der Waals surface area contributed by atoms with E-state index in [-0.39, 0.29) is 5.75 Å². The molecule has 0 saturated heterocycles. The van der Waals surface area contributed by atoms with E-state index in [9.17, 15) is 9.35 Å². The van der Waals surface area contributed by atoms with Crippen molar-refractivity contribution in [1.82, 2.24) is 9.55 Å². The number of nitrogens with zero attached hydrogens (tertiary/aromatic N) is 2. The van der Waals surface area contributed by atoms with E-state index in [2.05, 4.69) is 9.72 Å². The molecule has 1 atom stereocenters. The lowest BCUT2D eigenvalue weighted by atomic mass is 10.3. The second-order valence-corrected chi connectivity index (χ2v) is 4.91. The highest BCUT2D eigenvalue weighted by Gasteiger charge is 2.30. The lowest BCUT2D eigenvalue weighted by Crippen LogP contribution is -2.19. The number of imidazole rings is 1. The zero-order valence-electron chi connectivity index (χ0n) is 9.58. The first-order valence-electron chi connectivity index (χ1n) is 5.01. The van der Waals surface area contributed by atoms with Crippen molar-refractivity contribution in [3.8, 4) is 0 Å². The average molecular weight is 253 g/mol. The number of aromatic nitrogens is 2. The van der Waals surface area contributed by atoms with Crippen LogP contribution in [0.3, 0.4) is 0 Å². The van der Waals surface area contributed by atoms with Crippen molar-refractivity contribution in [2.24, 2.45) is 7.05 Å². The molecular formula is C11H13N2O3S+. The Labute approximate surface area is 102 Å². The van der Waals surface area contributed by atoms with Gasteiger partial charge in [-0.1, -0.05) is 12.1 Å². The third kappa shape index (κ3) is 2.27. The fraction of sp³-hybridized carbons (Fsp3) is 0.273. The number of methoxy groups -OCH3 is 1. The summed E-state index contributed by atoms with van der Waals surface area (Å²) in [4.78, 5) is 15.4. The van der Waals surface area contributed by atoms with Gasteiger partial charge in [0.25, 0.3) is 0 Å². The van der Waals surface area contributed by atoms with Gasteiger partial charge in [-0.05, 0) is 12.1 Å². The molecule has 0 aliphatic rings. The minimum absolute atomic E-state index is 0.0618. The molecule has 1 heterocycles. The fourth-order valence-corrected chi connectivity index (χ4v) is 2.66. The van der Waals surface area contributed by atoms with Crippen LogP contribution in [0, 0.1) is 0 Å². The molecule has 1 aromatic carbocycles. The van der Waals surface area contributed by atoms with Crippen LogP contribution in [0.1, 0.15) is 0 Å². The van der Waals surface area contributed by atoms with Gasteiger partial charge in [-0.3, -0.25) is 4.57 Å². The Morgan fingerprint density at radius 2 is 2.24 bits per heavy atom. The average Bonchev–Trinajstić information content (AvgIpc) is 2.67. The maximum absolute atomic E-state index is 11.1. The van der Waals surface area contributed by atoms with Gasteiger partial charge in [0, 0.05) is 7.05 Å². The van der Waals surface area contributed by atoms with E-state index in [1.165, 1.54) is 7.11 Å². The first-order valence-corrected chi connectivity index (χ1v) is 6.37. The predicted molar refractivity (Wildman–Crippen MR) is 65.9 cm³/mol. The number of para-hydroxylation sites is 2. The molecule has 1 unspecified atom stereocenters. The summed E-state index contributed by atoms with van der Waals surface area (Å²) in [6, 6.07) is 7.58. The Bertz CT molecular complexity index is 553. The highest BCUT2D eigenvalue weighted by Crippen LogP contribution is 2.18. The van der Waals surface area contributed by atoms with Crippen LogP contribution in [-0.2, 0) is 27.8 Å². The van der Waals surface area contributed by atoms with Crippen molar-refractivity contribution in [2.45, 2.75) is 5.16 Å². The highest BCUT2D eigenvalue weighted by molar-refractivity contribution is 7.92. The molecule has 17 heavy (non-hydrogen) atoms. The summed E-state index contributed by atoms with van der Waals surface area (Å²) in [7, 11) is 3.12. The quantitative estimate of drug-likeness (QED) is 0.659. The molecule has 2 aromatic rings. The number of aryl methyl sites for hydroxylation is 1. The monoisotopic (exact) mass is 253 g/mol. The number of hydrogen-bond acceptors (Lipinski definition) is 4. The molecular weight excluding hydrogens is 240 g/mol. The molecule has 5 nitrogen and oxygen atoms in total. The summed E-state index contributed by atoms with van der Waals surface area (Å²) < 4.78 is 16.3. The van der Waals surface area contributed by atoms with Crippen LogP contribution in [0.15, 0.2) is 29.4 Å². The number of carbonyl (C=O) groups is 1. The molecule has 2 rings (SSSR count). The third-order valence-corrected chi connectivity index (χ3v) is 3.73. The summed E-state index contributed by atoms with van der Waals surface area (Å²) in [5.41, 5.74) is 1.74.